The number of aryl methyl sites for hydroxylation is 2. The second-order valence-electron chi connectivity index (χ2n) is 5.66. The van der Waals surface area contributed by atoms with E-state index in [2.05, 4.69) is 18.8 Å². The zero-order valence-electron chi connectivity index (χ0n) is 12.9. The van der Waals surface area contributed by atoms with Crippen molar-refractivity contribution in [3.05, 3.63) is 52.6 Å². The molecule has 110 valence electrons. The lowest BCUT2D eigenvalue weighted by Gasteiger charge is -2.11. The number of aromatic hydroxyl groups is 2. The minimum absolute atomic E-state index is 0.283. The van der Waals surface area contributed by atoms with Crippen molar-refractivity contribution in [2.75, 3.05) is 0 Å². The third-order valence-corrected chi connectivity index (χ3v) is 3.54. The Labute approximate surface area is 125 Å². The number of nitrogens with zero attached hydrogens (tertiary/aromatic N) is 1. The molecule has 0 saturated carbocycles. The minimum Gasteiger partial charge on any atom is -0.508 e. The van der Waals surface area contributed by atoms with Crippen LogP contribution in [-0.2, 0) is 0 Å². The largest absolute Gasteiger partial charge is 0.508 e. The standard InChI is InChI=1S/C18H21NO2/c1-11(2)15-9-18(21)13(4)8-16(15)19-10-14-5-6-17(20)12(3)7-14/h5-11,20-21H,1-4H3. The van der Waals surface area contributed by atoms with E-state index in [0.29, 0.717) is 5.75 Å². The van der Waals surface area contributed by atoms with E-state index in [9.17, 15) is 10.2 Å². The highest BCUT2D eigenvalue weighted by Crippen LogP contribution is 2.32. The molecule has 0 aromatic heterocycles. The second kappa shape index (κ2) is 6.00. The number of benzene rings is 2. The van der Waals surface area contributed by atoms with Crippen LogP contribution in [0.1, 0.15) is 42.0 Å². The zero-order chi connectivity index (χ0) is 15.6. The normalized spacial score (nSPS) is 11.5. The third-order valence-electron chi connectivity index (χ3n) is 3.54. The molecule has 3 heteroatoms. The Morgan fingerprint density at radius 3 is 2.24 bits per heavy atom. The summed E-state index contributed by atoms with van der Waals surface area (Å²) in [5.74, 6) is 0.874. The molecule has 0 atom stereocenters. The van der Waals surface area contributed by atoms with Crippen LogP contribution >= 0.6 is 0 Å². The summed E-state index contributed by atoms with van der Waals surface area (Å²) in [5.41, 5.74) is 4.46. The van der Waals surface area contributed by atoms with Crippen LogP contribution in [0.15, 0.2) is 35.3 Å². The second-order valence-corrected chi connectivity index (χ2v) is 5.66. The van der Waals surface area contributed by atoms with Gasteiger partial charge in [-0.25, -0.2) is 0 Å². The van der Waals surface area contributed by atoms with Crippen molar-refractivity contribution in [1.82, 2.24) is 0 Å². The van der Waals surface area contributed by atoms with E-state index >= 15 is 0 Å². The fraction of sp³-hybridized carbons (Fsp3) is 0.278. The van der Waals surface area contributed by atoms with Gasteiger partial charge < -0.3 is 10.2 Å². The zero-order valence-corrected chi connectivity index (χ0v) is 12.9. The predicted octanol–water partition coefficient (Wildman–Crippen LogP) is 4.59. The number of phenols is 2. The number of hydrogen-bond donors (Lipinski definition) is 2. The maximum Gasteiger partial charge on any atom is 0.118 e. The molecule has 0 aliphatic rings. The van der Waals surface area contributed by atoms with Gasteiger partial charge in [0.2, 0.25) is 0 Å². The molecule has 0 aliphatic heterocycles. The Kier molecular flexibility index (Phi) is 4.32. The molecule has 2 rings (SSSR count). The summed E-state index contributed by atoms with van der Waals surface area (Å²) in [6.45, 7) is 7.88. The molecule has 0 radical (unpaired) electrons. The van der Waals surface area contributed by atoms with E-state index in [-0.39, 0.29) is 11.7 Å². The number of aliphatic imine (C=N–C) groups is 1. The first-order valence-corrected chi connectivity index (χ1v) is 7.05. The first kappa shape index (κ1) is 15.1. The molecule has 0 fully saturated rings. The van der Waals surface area contributed by atoms with Crippen LogP contribution < -0.4 is 0 Å². The van der Waals surface area contributed by atoms with Crippen LogP contribution in [0.5, 0.6) is 11.5 Å². The average Bonchev–Trinajstić information content (AvgIpc) is 2.43. The summed E-state index contributed by atoms with van der Waals surface area (Å²) in [5, 5.41) is 19.4. The van der Waals surface area contributed by atoms with Gasteiger partial charge >= 0.3 is 0 Å². The molecule has 2 aromatic carbocycles. The summed E-state index contributed by atoms with van der Waals surface area (Å²) >= 11 is 0. The van der Waals surface area contributed by atoms with Crippen LogP contribution in [0.2, 0.25) is 0 Å². The van der Waals surface area contributed by atoms with E-state index in [1.807, 2.05) is 32.0 Å². The predicted molar refractivity (Wildman–Crippen MR) is 87.0 cm³/mol. The maximum absolute atomic E-state index is 9.85. The molecule has 2 aromatic rings. The summed E-state index contributed by atoms with van der Waals surface area (Å²) in [4.78, 5) is 4.55. The first-order chi connectivity index (χ1) is 9.88. The van der Waals surface area contributed by atoms with Gasteiger partial charge in [0.1, 0.15) is 11.5 Å². The van der Waals surface area contributed by atoms with Crippen LogP contribution in [0.4, 0.5) is 5.69 Å². The molecule has 0 bridgehead atoms. The summed E-state index contributed by atoms with van der Waals surface area (Å²) < 4.78 is 0. The molecule has 0 unspecified atom stereocenters. The Balaban J connectivity index is 2.40. The highest BCUT2D eigenvalue weighted by Gasteiger charge is 2.09. The van der Waals surface area contributed by atoms with E-state index in [1.165, 1.54) is 0 Å². The molecule has 3 nitrogen and oxygen atoms in total. The van der Waals surface area contributed by atoms with Crippen molar-refractivity contribution in [2.45, 2.75) is 33.6 Å². The molecule has 0 saturated heterocycles. The minimum atomic E-state index is 0.283. The van der Waals surface area contributed by atoms with Gasteiger partial charge in [-0.05, 0) is 72.4 Å². The van der Waals surface area contributed by atoms with E-state index in [0.717, 1.165) is 27.9 Å². The van der Waals surface area contributed by atoms with Gasteiger partial charge in [-0.15, -0.1) is 0 Å². The van der Waals surface area contributed by atoms with E-state index in [1.54, 1.807) is 18.3 Å². The molecular formula is C18H21NO2. The lowest BCUT2D eigenvalue weighted by atomic mass is 9.99. The van der Waals surface area contributed by atoms with Gasteiger partial charge in [0, 0.05) is 6.21 Å². The lowest BCUT2D eigenvalue weighted by Crippen LogP contribution is -1.91. The molecule has 0 aliphatic carbocycles. The average molecular weight is 283 g/mol. The van der Waals surface area contributed by atoms with Crippen LogP contribution in [0, 0.1) is 13.8 Å². The molecule has 0 heterocycles. The fourth-order valence-corrected chi connectivity index (χ4v) is 2.17. The van der Waals surface area contributed by atoms with Crippen molar-refractivity contribution < 1.29 is 10.2 Å². The first-order valence-electron chi connectivity index (χ1n) is 7.05. The Hall–Kier alpha value is -2.29. The molecule has 21 heavy (non-hydrogen) atoms. The fourth-order valence-electron chi connectivity index (χ4n) is 2.17. The maximum atomic E-state index is 9.85. The van der Waals surface area contributed by atoms with Crippen molar-refractivity contribution in [1.29, 1.82) is 0 Å². The topological polar surface area (TPSA) is 52.8 Å². The van der Waals surface area contributed by atoms with Crippen molar-refractivity contribution >= 4 is 11.9 Å². The van der Waals surface area contributed by atoms with Crippen molar-refractivity contribution in [3.63, 3.8) is 0 Å². The van der Waals surface area contributed by atoms with Crippen LogP contribution in [0.3, 0.4) is 0 Å². The van der Waals surface area contributed by atoms with Gasteiger partial charge in [-0.2, -0.15) is 0 Å². The van der Waals surface area contributed by atoms with Crippen molar-refractivity contribution in [2.24, 2.45) is 4.99 Å². The highest BCUT2D eigenvalue weighted by molar-refractivity contribution is 5.83. The lowest BCUT2D eigenvalue weighted by molar-refractivity contribution is 0.470. The van der Waals surface area contributed by atoms with E-state index < -0.39 is 0 Å². The van der Waals surface area contributed by atoms with Crippen molar-refractivity contribution in [3.8, 4) is 11.5 Å². The number of hydrogen-bond acceptors (Lipinski definition) is 3. The SMILES string of the molecule is Cc1cc(C=Nc2cc(C)c(O)cc2C(C)C)ccc1O. The molecule has 2 N–H and O–H groups in total. The quantitative estimate of drug-likeness (QED) is 0.809. The summed E-state index contributed by atoms with van der Waals surface area (Å²) in [6.07, 6.45) is 1.78. The smallest absolute Gasteiger partial charge is 0.118 e. The van der Waals surface area contributed by atoms with Gasteiger partial charge in [-0.3, -0.25) is 4.99 Å². The monoisotopic (exact) mass is 283 g/mol. The molecule has 0 amide bonds. The van der Waals surface area contributed by atoms with Crippen LogP contribution in [0.25, 0.3) is 0 Å². The number of phenolic OH excluding ortho intramolecular Hbond substituents is 2. The van der Waals surface area contributed by atoms with E-state index in [4.69, 9.17) is 0 Å². The highest BCUT2D eigenvalue weighted by atomic mass is 16.3. The van der Waals surface area contributed by atoms with Gasteiger partial charge in [0.05, 0.1) is 5.69 Å². The van der Waals surface area contributed by atoms with Gasteiger partial charge in [0.15, 0.2) is 0 Å². The Morgan fingerprint density at radius 2 is 1.62 bits per heavy atom. The summed E-state index contributed by atoms with van der Waals surface area (Å²) in [7, 11) is 0. The molecular weight excluding hydrogens is 262 g/mol. The number of rotatable bonds is 3. The molecule has 0 spiro atoms. The van der Waals surface area contributed by atoms with Gasteiger partial charge in [-0.1, -0.05) is 13.8 Å². The third kappa shape index (κ3) is 3.43. The van der Waals surface area contributed by atoms with Crippen LogP contribution in [-0.4, -0.2) is 16.4 Å². The summed E-state index contributed by atoms with van der Waals surface area (Å²) in [6, 6.07) is 9.07. The Morgan fingerprint density at radius 1 is 0.952 bits per heavy atom. The Bertz CT molecular complexity index is 688. The van der Waals surface area contributed by atoms with Gasteiger partial charge in [0.25, 0.3) is 0 Å².